The zero-order chi connectivity index (χ0) is 24.6. The third kappa shape index (κ3) is 8.08. The molecule has 8 N–H and O–H groups in total. The van der Waals surface area contributed by atoms with Crippen LogP contribution in [0.4, 0.5) is 0 Å². The molecule has 1 heterocycles. The van der Waals surface area contributed by atoms with Crippen LogP contribution in [0, 0.1) is 5.92 Å². The fraction of sp³-hybridized carbons (Fsp3) is 0.750. The van der Waals surface area contributed by atoms with E-state index in [-0.39, 0.29) is 25.3 Å². The zero-order valence-electron chi connectivity index (χ0n) is 18.7. The van der Waals surface area contributed by atoms with Gasteiger partial charge in [0.2, 0.25) is 23.6 Å². The van der Waals surface area contributed by atoms with Gasteiger partial charge in [-0.3, -0.25) is 19.2 Å². The Bertz CT molecular complexity index is 712. The standard InChI is InChI=1S/C20H35N5O7/c1-10(2)9-13(23-17(28)12(21)6-7-15(22)27)19(30)25-8-4-5-14(25)18(29)24-16(11(3)26)20(31)32/h10-14,16,26H,4-9,21H2,1-3H3,(H2,22,27)(H,23,28)(H,24,29)(H,31,32). The van der Waals surface area contributed by atoms with Gasteiger partial charge in [-0.2, -0.15) is 0 Å². The molecular weight excluding hydrogens is 422 g/mol. The normalized spacial score (nSPS) is 19.7. The van der Waals surface area contributed by atoms with Crippen molar-refractivity contribution in [1.82, 2.24) is 15.5 Å². The maximum absolute atomic E-state index is 13.2. The quantitative estimate of drug-likeness (QED) is 0.194. The lowest BCUT2D eigenvalue weighted by Gasteiger charge is -2.31. The summed E-state index contributed by atoms with van der Waals surface area (Å²) in [4.78, 5) is 61.9. The lowest BCUT2D eigenvalue weighted by Crippen LogP contribution is -2.58. The van der Waals surface area contributed by atoms with Crippen molar-refractivity contribution < 1.29 is 34.2 Å². The van der Waals surface area contributed by atoms with E-state index in [1.807, 2.05) is 13.8 Å². The molecule has 0 saturated carbocycles. The van der Waals surface area contributed by atoms with E-state index >= 15 is 0 Å². The first-order valence-corrected chi connectivity index (χ1v) is 10.7. The molecule has 1 aliphatic heterocycles. The molecule has 4 amide bonds. The molecule has 12 nitrogen and oxygen atoms in total. The molecule has 0 bridgehead atoms. The number of carboxylic acid groups (broad SMARTS) is 1. The van der Waals surface area contributed by atoms with Crippen LogP contribution in [0.1, 0.15) is 52.9 Å². The van der Waals surface area contributed by atoms with Crippen LogP contribution in [-0.4, -0.2) is 81.5 Å². The van der Waals surface area contributed by atoms with E-state index in [1.54, 1.807) is 0 Å². The number of amides is 4. The van der Waals surface area contributed by atoms with E-state index in [4.69, 9.17) is 11.5 Å². The molecule has 1 aliphatic rings. The molecule has 5 atom stereocenters. The Hall–Kier alpha value is -2.73. The second-order valence-electron chi connectivity index (χ2n) is 8.56. The third-order valence-corrected chi connectivity index (χ3v) is 5.24. The second-order valence-corrected chi connectivity index (χ2v) is 8.56. The summed E-state index contributed by atoms with van der Waals surface area (Å²) < 4.78 is 0. The summed E-state index contributed by atoms with van der Waals surface area (Å²) in [7, 11) is 0. The van der Waals surface area contributed by atoms with Gasteiger partial charge in [-0.1, -0.05) is 13.8 Å². The number of aliphatic hydroxyl groups is 1. The smallest absolute Gasteiger partial charge is 0.328 e. The van der Waals surface area contributed by atoms with Crippen molar-refractivity contribution >= 4 is 29.6 Å². The Kier molecular flexibility index (Phi) is 10.5. The Labute approximate surface area is 187 Å². The summed E-state index contributed by atoms with van der Waals surface area (Å²) in [5.41, 5.74) is 10.9. The number of aliphatic carboxylic acids is 1. The van der Waals surface area contributed by atoms with Gasteiger partial charge in [0.05, 0.1) is 12.1 Å². The van der Waals surface area contributed by atoms with Crippen LogP contribution < -0.4 is 22.1 Å². The number of aliphatic hydroxyl groups excluding tert-OH is 1. The van der Waals surface area contributed by atoms with Gasteiger partial charge in [0.25, 0.3) is 0 Å². The van der Waals surface area contributed by atoms with Gasteiger partial charge in [-0.25, -0.2) is 4.79 Å². The number of hydrogen-bond donors (Lipinski definition) is 6. The summed E-state index contributed by atoms with van der Waals surface area (Å²) in [6.07, 6.45) is -0.213. The average molecular weight is 458 g/mol. The predicted octanol–water partition coefficient (Wildman–Crippen LogP) is -1.95. The lowest BCUT2D eigenvalue weighted by molar-refractivity contribution is -0.147. The molecule has 0 aromatic heterocycles. The maximum Gasteiger partial charge on any atom is 0.328 e. The summed E-state index contributed by atoms with van der Waals surface area (Å²) >= 11 is 0. The SMILES string of the molecule is CC(C)CC(NC(=O)C(N)CCC(N)=O)C(=O)N1CCCC1C(=O)NC(C(=O)O)C(C)O. The fourth-order valence-corrected chi connectivity index (χ4v) is 3.54. The van der Waals surface area contributed by atoms with E-state index in [0.717, 1.165) is 0 Å². The molecule has 1 rings (SSSR count). The lowest BCUT2D eigenvalue weighted by atomic mass is 10.0. The molecule has 32 heavy (non-hydrogen) atoms. The highest BCUT2D eigenvalue weighted by Gasteiger charge is 2.39. The first-order valence-electron chi connectivity index (χ1n) is 10.7. The van der Waals surface area contributed by atoms with Crippen molar-refractivity contribution in [2.24, 2.45) is 17.4 Å². The average Bonchev–Trinajstić information content (AvgIpc) is 3.17. The minimum Gasteiger partial charge on any atom is -0.480 e. The van der Waals surface area contributed by atoms with E-state index in [0.29, 0.717) is 19.3 Å². The second kappa shape index (κ2) is 12.3. The molecule has 0 aliphatic carbocycles. The molecule has 182 valence electrons. The number of rotatable bonds is 12. The minimum absolute atomic E-state index is 0.0348. The number of likely N-dealkylation sites (tertiary alicyclic amines) is 1. The first kappa shape index (κ1) is 27.3. The van der Waals surface area contributed by atoms with Crippen LogP contribution in [0.15, 0.2) is 0 Å². The van der Waals surface area contributed by atoms with Crippen LogP contribution in [0.2, 0.25) is 0 Å². The Morgan fingerprint density at radius 2 is 1.75 bits per heavy atom. The number of carboxylic acids is 1. The van der Waals surface area contributed by atoms with Crippen LogP contribution in [-0.2, 0) is 24.0 Å². The number of nitrogens with one attached hydrogen (secondary N) is 2. The molecule has 0 spiro atoms. The minimum atomic E-state index is -1.51. The van der Waals surface area contributed by atoms with Crippen LogP contribution >= 0.6 is 0 Å². The van der Waals surface area contributed by atoms with E-state index < -0.39 is 59.9 Å². The fourth-order valence-electron chi connectivity index (χ4n) is 3.54. The Balaban J connectivity index is 2.93. The molecule has 1 saturated heterocycles. The predicted molar refractivity (Wildman–Crippen MR) is 114 cm³/mol. The van der Waals surface area contributed by atoms with Crippen molar-refractivity contribution in [2.45, 2.75) is 83.1 Å². The maximum atomic E-state index is 13.2. The largest absolute Gasteiger partial charge is 0.480 e. The molecule has 5 unspecified atom stereocenters. The monoisotopic (exact) mass is 457 g/mol. The topological polar surface area (TPSA) is 205 Å². The number of carbonyl (C=O) groups is 5. The number of primary amides is 1. The number of nitrogens with zero attached hydrogens (tertiary/aromatic N) is 1. The van der Waals surface area contributed by atoms with Crippen LogP contribution in [0.25, 0.3) is 0 Å². The van der Waals surface area contributed by atoms with Crippen molar-refractivity contribution in [3.63, 3.8) is 0 Å². The summed E-state index contributed by atoms with van der Waals surface area (Å²) in [6, 6.07) is -4.39. The number of carbonyl (C=O) groups excluding carboxylic acids is 4. The van der Waals surface area contributed by atoms with Gasteiger partial charge in [-0.05, 0) is 38.5 Å². The molecule has 0 radical (unpaired) electrons. The van der Waals surface area contributed by atoms with Gasteiger partial charge in [0, 0.05) is 13.0 Å². The molecule has 0 aromatic rings. The molecule has 1 fully saturated rings. The first-order chi connectivity index (χ1) is 14.8. The highest BCUT2D eigenvalue weighted by atomic mass is 16.4. The van der Waals surface area contributed by atoms with Gasteiger partial charge < -0.3 is 37.2 Å². The Morgan fingerprint density at radius 3 is 2.25 bits per heavy atom. The van der Waals surface area contributed by atoms with E-state index in [2.05, 4.69) is 10.6 Å². The van der Waals surface area contributed by atoms with Crippen LogP contribution in [0.3, 0.4) is 0 Å². The third-order valence-electron chi connectivity index (χ3n) is 5.24. The molecule has 0 aromatic carbocycles. The Morgan fingerprint density at radius 1 is 1.12 bits per heavy atom. The van der Waals surface area contributed by atoms with Gasteiger partial charge in [-0.15, -0.1) is 0 Å². The summed E-state index contributed by atoms with van der Waals surface area (Å²) in [6.45, 7) is 5.25. The highest BCUT2D eigenvalue weighted by Crippen LogP contribution is 2.21. The number of nitrogens with two attached hydrogens (primary N) is 2. The number of hydrogen-bond acceptors (Lipinski definition) is 7. The summed E-state index contributed by atoms with van der Waals surface area (Å²) in [5, 5.41) is 23.7. The summed E-state index contributed by atoms with van der Waals surface area (Å²) in [5.74, 6) is -3.71. The van der Waals surface area contributed by atoms with Crippen LogP contribution in [0.5, 0.6) is 0 Å². The van der Waals surface area contributed by atoms with E-state index in [9.17, 15) is 34.2 Å². The van der Waals surface area contributed by atoms with Crippen molar-refractivity contribution in [3.8, 4) is 0 Å². The zero-order valence-corrected chi connectivity index (χ0v) is 18.7. The van der Waals surface area contributed by atoms with Crippen molar-refractivity contribution in [2.75, 3.05) is 6.54 Å². The van der Waals surface area contributed by atoms with E-state index in [1.165, 1.54) is 11.8 Å². The van der Waals surface area contributed by atoms with Crippen molar-refractivity contribution in [3.05, 3.63) is 0 Å². The highest BCUT2D eigenvalue weighted by molar-refractivity contribution is 5.94. The molecular formula is C20H35N5O7. The van der Waals surface area contributed by atoms with Gasteiger partial charge in [0.15, 0.2) is 6.04 Å². The van der Waals surface area contributed by atoms with Gasteiger partial charge in [0.1, 0.15) is 12.1 Å². The van der Waals surface area contributed by atoms with Gasteiger partial charge >= 0.3 is 5.97 Å². The molecule has 12 heteroatoms. The van der Waals surface area contributed by atoms with Crippen molar-refractivity contribution in [1.29, 1.82) is 0 Å².